The largest absolute Gasteiger partial charge is 0.379 e. The van der Waals surface area contributed by atoms with Crippen molar-refractivity contribution in [2.24, 2.45) is 0 Å². The van der Waals surface area contributed by atoms with E-state index in [1.165, 1.54) is 15.8 Å². The number of morpholine rings is 1. The van der Waals surface area contributed by atoms with Crippen LogP contribution in [0.2, 0.25) is 0 Å². The Balaban J connectivity index is 1.72. The number of rotatable bonds is 4. The molecule has 1 aliphatic rings. The zero-order valence-electron chi connectivity index (χ0n) is 14.5. The van der Waals surface area contributed by atoms with Gasteiger partial charge in [-0.1, -0.05) is 0 Å². The standard InChI is InChI=1S/C17H20N4OS3/c1-10-9-23-17(18-10)25-16-14-11(2)12(3)24-15(14)19-13(20-16)8-21-4-6-22-7-5-21/h9H,4-8H2,1-3H3. The molecule has 1 saturated heterocycles. The number of hydrogen-bond donors (Lipinski definition) is 0. The molecule has 0 spiro atoms. The summed E-state index contributed by atoms with van der Waals surface area (Å²) in [5, 5.41) is 4.30. The topological polar surface area (TPSA) is 51.1 Å². The molecule has 8 heteroatoms. The minimum Gasteiger partial charge on any atom is -0.379 e. The molecule has 0 N–H and O–H groups in total. The lowest BCUT2D eigenvalue weighted by Crippen LogP contribution is -2.36. The zero-order valence-corrected chi connectivity index (χ0v) is 17.0. The highest BCUT2D eigenvalue weighted by molar-refractivity contribution is 8.01. The van der Waals surface area contributed by atoms with E-state index in [-0.39, 0.29) is 0 Å². The first kappa shape index (κ1) is 17.4. The van der Waals surface area contributed by atoms with Gasteiger partial charge in [-0.05, 0) is 38.1 Å². The molecule has 25 heavy (non-hydrogen) atoms. The number of hydrogen-bond acceptors (Lipinski definition) is 8. The van der Waals surface area contributed by atoms with Gasteiger partial charge in [0.15, 0.2) is 4.34 Å². The summed E-state index contributed by atoms with van der Waals surface area (Å²) in [5.41, 5.74) is 2.35. The lowest BCUT2D eigenvalue weighted by Gasteiger charge is -2.25. The second kappa shape index (κ2) is 7.28. The quantitative estimate of drug-likeness (QED) is 0.624. The van der Waals surface area contributed by atoms with E-state index in [0.29, 0.717) is 0 Å². The van der Waals surface area contributed by atoms with Crippen LogP contribution < -0.4 is 0 Å². The fourth-order valence-corrected chi connectivity index (χ4v) is 5.89. The Hall–Kier alpha value is -1.06. The molecule has 132 valence electrons. The Bertz CT molecular complexity index is 899. The van der Waals surface area contributed by atoms with Gasteiger partial charge in [0.2, 0.25) is 0 Å². The summed E-state index contributed by atoms with van der Waals surface area (Å²) in [7, 11) is 0. The highest BCUT2D eigenvalue weighted by Crippen LogP contribution is 2.39. The maximum atomic E-state index is 5.44. The number of thiophene rings is 1. The van der Waals surface area contributed by atoms with Crippen LogP contribution in [0.25, 0.3) is 10.2 Å². The highest BCUT2D eigenvalue weighted by atomic mass is 32.2. The Labute approximate surface area is 159 Å². The molecule has 5 nitrogen and oxygen atoms in total. The van der Waals surface area contributed by atoms with Crippen LogP contribution in [0.1, 0.15) is 22.0 Å². The Morgan fingerprint density at radius 3 is 2.68 bits per heavy atom. The van der Waals surface area contributed by atoms with Gasteiger partial charge in [0.1, 0.15) is 15.7 Å². The van der Waals surface area contributed by atoms with Gasteiger partial charge in [0.25, 0.3) is 0 Å². The van der Waals surface area contributed by atoms with Crippen LogP contribution in [-0.4, -0.2) is 46.2 Å². The van der Waals surface area contributed by atoms with E-state index in [4.69, 9.17) is 14.7 Å². The molecule has 0 radical (unpaired) electrons. The summed E-state index contributed by atoms with van der Waals surface area (Å²) in [6.07, 6.45) is 0. The van der Waals surface area contributed by atoms with Crippen molar-refractivity contribution >= 4 is 44.7 Å². The van der Waals surface area contributed by atoms with Gasteiger partial charge >= 0.3 is 0 Å². The number of thiazole rings is 1. The van der Waals surface area contributed by atoms with E-state index in [1.807, 2.05) is 6.92 Å². The summed E-state index contributed by atoms with van der Waals surface area (Å²) in [5.74, 6) is 0.895. The summed E-state index contributed by atoms with van der Waals surface area (Å²) < 4.78 is 6.48. The van der Waals surface area contributed by atoms with Crippen LogP contribution in [0.5, 0.6) is 0 Å². The van der Waals surface area contributed by atoms with Gasteiger partial charge in [-0.3, -0.25) is 4.90 Å². The molecule has 1 aliphatic heterocycles. The van der Waals surface area contributed by atoms with E-state index in [9.17, 15) is 0 Å². The molecule has 4 rings (SSSR count). The van der Waals surface area contributed by atoms with Gasteiger partial charge in [-0.2, -0.15) is 0 Å². The maximum Gasteiger partial charge on any atom is 0.156 e. The predicted octanol–water partition coefficient (Wildman–Crippen LogP) is 4.06. The fourth-order valence-electron chi connectivity index (χ4n) is 2.82. The lowest BCUT2D eigenvalue weighted by atomic mass is 10.2. The number of aryl methyl sites for hydroxylation is 3. The molecule has 1 fully saturated rings. The monoisotopic (exact) mass is 392 g/mol. The second-order valence-corrected chi connectivity index (χ2v) is 9.45. The fraction of sp³-hybridized carbons (Fsp3) is 0.471. The van der Waals surface area contributed by atoms with E-state index in [2.05, 4.69) is 29.1 Å². The third-order valence-corrected chi connectivity index (χ3v) is 7.44. The summed E-state index contributed by atoms with van der Waals surface area (Å²) in [4.78, 5) is 19.1. The average molecular weight is 393 g/mol. The van der Waals surface area contributed by atoms with Crippen molar-refractivity contribution in [2.45, 2.75) is 36.7 Å². The van der Waals surface area contributed by atoms with Crippen molar-refractivity contribution < 1.29 is 4.74 Å². The first-order valence-electron chi connectivity index (χ1n) is 8.27. The van der Waals surface area contributed by atoms with Gasteiger partial charge in [-0.15, -0.1) is 22.7 Å². The smallest absolute Gasteiger partial charge is 0.156 e. The highest BCUT2D eigenvalue weighted by Gasteiger charge is 2.19. The molecular weight excluding hydrogens is 372 g/mol. The van der Waals surface area contributed by atoms with Crippen LogP contribution in [0.3, 0.4) is 0 Å². The number of nitrogens with zero attached hydrogens (tertiary/aromatic N) is 4. The number of fused-ring (bicyclic) bond motifs is 1. The van der Waals surface area contributed by atoms with E-state index >= 15 is 0 Å². The van der Waals surface area contributed by atoms with Crippen LogP contribution in [-0.2, 0) is 11.3 Å². The molecule has 0 unspecified atom stereocenters. The number of ether oxygens (including phenoxy) is 1. The molecular formula is C17H20N4OS3. The van der Waals surface area contributed by atoms with Gasteiger partial charge in [0.05, 0.1) is 19.8 Å². The van der Waals surface area contributed by atoms with Crippen molar-refractivity contribution in [1.29, 1.82) is 0 Å². The third kappa shape index (κ3) is 3.73. The van der Waals surface area contributed by atoms with E-state index < -0.39 is 0 Å². The van der Waals surface area contributed by atoms with Crippen molar-refractivity contribution in [3.05, 3.63) is 27.3 Å². The maximum absolute atomic E-state index is 5.44. The SMILES string of the molecule is Cc1csc(Sc2nc(CN3CCOCC3)nc3sc(C)c(C)c23)n1. The molecule has 0 aliphatic carbocycles. The molecule has 0 atom stereocenters. The van der Waals surface area contributed by atoms with E-state index in [1.54, 1.807) is 34.4 Å². The van der Waals surface area contributed by atoms with Crippen LogP contribution >= 0.6 is 34.4 Å². The summed E-state index contributed by atoms with van der Waals surface area (Å²) in [6.45, 7) is 10.6. The molecule has 0 aromatic carbocycles. The molecule has 0 amide bonds. The van der Waals surface area contributed by atoms with Gasteiger partial charge in [-0.25, -0.2) is 15.0 Å². The third-order valence-electron chi connectivity index (χ3n) is 4.29. The second-order valence-electron chi connectivity index (χ2n) is 6.15. The predicted molar refractivity (Wildman–Crippen MR) is 104 cm³/mol. The first-order chi connectivity index (χ1) is 12.1. The number of aromatic nitrogens is 3. The van der Waals surface area contributed by atoms with Crippen molar-refractivity contribution in [2.75, 3.05) is 26.3 Å². The normalized spacial score (nSPS) is 16.0. The first-order valence-corrected chi connectivity index (χ1v) is 10.8. The van der Waals surface area contributed by atoms with Crippen molar-refractivity contribution in [3.63, 3.8) is 0 Å². The van der Waals surface area contributed by atoms with Crippen molar-refractivity contribution in [3.8, 4) is 0 Å². The Morgan fingerprint density at radius 1 is 1.16 bits per heavy atom. The van der Waals surface area contributed by atoms with Gasteiger partial charge in [0, 0.05) is 34.4 Å². The van der Waals surface area contributed by atoms with Crippen molar-refractivity contribution in [1.82, 2.24) is 19.9 Å². The van der Waals surface area contributed by atoms with Crippen LogP contribution in [0, 0.1) is 20.8 Å². The molecule has 3 aromatic rings. The summed E-state index contributed by atoms with van der Waals surface area (Å²) >= 11 is 5.10. The van der Waals surface area contributed by atoms with E-state index in [0.717, 1.165) is 58.6 Å². The Morgan fingerprint density at radius 2 is 1.96 bits per heavy atom. The minimum atomic E-state index is 0.778. The molecule has 0 bridgehead atoms. The van der Waals surface area contributed by atoms with Gasteiger partial charge < -0.3 is 4.74 Å². The zero-order chi connectivity index (χ0) is 17.4. The minimum absolute atomic E-state index is 0.778. The molecule has 0 saturated carbocycles. The summed E-state index contributed by atoms with van der Waals surface area (Å²) in [6, 6.07) is 0. The lowest BCUT2D eigenvalue weighted by molar-refractivity contribution is 0.0330. The average Bonchev–Trinajstić information content (AvgIpc) is 3.12. The van der Waals surface area contributed by atoms with Crippen LogP contribution in [0.4, 0.5) is 0 Å². The Kier molecular flexibility index (Phi) is 5.06. The van der Waals surface area contributed by atoms with Crippen LogP contribution in [0.15, 0.2) is 14.7 Å². The molecule has 3 aromatic heterocycles. The molecule has 4 heterocycles.